The number of hydrogen-bond donors (Lipinski definition) is 1. The lowest BCUT2D eigenvalue weighted by molar-refractivity contribution is -0.134. The summed E-state index contributed by atoms with van der Waals surface area (Å²) in [5, 5.41) is 5.47. The zero-order valence-electron chi connectivity index (χ0n) is 18.6. The summed E-state index contributed by atoms with van der Waals surface area (Å²) in [5.74, 6) is 0.0322. The maximum Gasteiger partial charge on any atom is 0.234 e. The maximum atomic E-state index is 12.4. The lowest BCUT2D eigenvalue weighted by Gasteiger charge is -2.31. The molecular weight excluding hydrogens is 404 g/mol. The number of furan rings is 1. The van der Waals surface area contributed by atoms with Gasteiger partial charge in [-0.25, -0.2) is 0 Å². The Labute approximate surface area is 187 Å². The van der Waals surface area contributed by atoms with E-state index in [1.165, 1.54) is 32.1 Å². The number of piperidine rings is 1. The molecule has 3 aromatic rings. The molecule has 1 saturated carbocycles. The van der Waals surface area contributed by atoms with Gasteiger partial charge in [-0.15, -0.1) is 0 Å². The molecule has 2 aromatic carbocycles. The molecule has 0 radical (unpaired) electrons. The van der Waals surface area contributed by atoms with Crippen molar-refractivity contribution < 1.29 is 18.7 Å². The van der Waals surface area contributed by atoms with Gasteiger partial charge in [0.25, 0.3) is 0 Å². The molecule has 2 aliphatic rings. The van der Waals surface area contributed by atoms with E-state index in [1.54, 1.807) is 6.26 Å². The predicted molar refractivity (Wildman–Crippen MR) is 124 cm³/mol. The molecule has 32 heavy (non-hydrogen) atoms. The van der Waals surface area contributed by atoms with E-state index in [2.05, 4.69) is 29.4 Å². The first-order chi connectivity index (χ1) is 15.6. The van der Waals surface area contributed by atoms with E-state index in [0.29, 0.717) is 25.5 Å². The van der Waals surface area contributed by atoms with Gasteiger partial charge in [0, 0.05) is 30.0 Å². The number of carbonyl (C=O) groups is 2. The molecule has 5 rings (SSSR count). The first-order valence-electron chi connectivity index (χ1n) is 11.7. The molecule has 1 N–H and O–H groups in total. The number of ether oxygens (including phenoxy) is 1. The van der Waals surface area contributed by atoms with Crippen LogP contribution in [0.25, 0.3) is 21.7 Å². The molecule has 1 aromatic heterocycles. The Morgan fingerprint density at radius 2 is 1.91 bits per heavy atom. The summed E-state index contributed by atoms with van der Waals surface area (Å²) in [6.07, 6.45) is 9.15. The monoisotopic (exact) mass is 434 g/mol. The Morgan fingerprint density at radius 3 is 2.72 bits per heavy atom. The highest BCUT2D eigenvalue weighted by atomic mass is 16.5. The molecule has 2 heterocycles. The Hall–Kier alpha value is -2.86. The minimum Gasteiger partial charge on any atom is -0.492 e. The first-order valence-corrected chi connectivity index (χ1v) is 11.7. The number of benzene rings is 2. The van der Waals surface area contributed by atoms with E-state index in [9.17, 15) is 9.59 Å². The quantitative estimate of drug-likeness (QED) is 0.567. The Bertz CT molecular complexity index is 1150. The van der Waals surface area contributed by atoms with Crippen molar-refractivity contribution in [2.75, 3.05) is 20.2 Å². The molecule has 1 aliphatic carbocycles. The van der Waals surface area contributed by atoms with Gasteiger partial charge in [0.05, 0.1) is 12.2 Å². The van der Waals surface area contributed by atoms with Gasteiger partial charge < -0.3 is 14.1 Å². The van der Waals surface area contributed by atoms with Gasteiger partial charge in [-0.3, -0.25) is 14.9 Å². The highest BCUT2D eigenvalue weighted by Gasteiger charge is 2.30. The van der Waals surface area contributed by atoms with E-state index in [-0.39, 0.29) is 17.7 Å². The number of amides is 2. The van der Waals surface area contributed by atoms with Crippen LogP contribution in [0, 0.1) is 0 Å². The molecule has 168 valence electrons. The first kappa shape index (κ1) is 21.0. The second-order valence-electron chi connectivity index (χ2n) is 9.17. The van der Waals surface area contributed by atoms with Gasteiger partial charge in [-0.1, -0.05) is 25.3 Å². The molecule has 0 spiro atoms. The number of rotatable bonds is 6. The molecule has 1 aliphatic heterocycles. The lowest BCUT2D eigenvalue weighted by Crippen LogP contribution is -2.39. The zero-order valence-corrected chi connectivity index (χ0v) is 18.6. The summed E-state index contributed by atoms with van der Waals surface area (Å²) in [4.78, 5) is 26.3. The fourth-order valence-corrected chi connectivity index (χ4v) is 5.13. The number of hydrogen-bond acceptors (Lipinski definition) is 5. The van der Waals surface area contributed by atoms with Crippen molar-refractivity contribution in [1.29, 1.82) is 0 Å². The fraction of sp³-hybridized carbons (Fsp3) is 0.462. The smallest absolute Gasteiger partial charge is 0.234 e. The van der Waals surface area contributed by atoms with Crippen LogP contribution in [0.2, 0.25) is 0 Å². The van der Waals surface area contributed by atoms with Crippen molar-refractivity contribution in [2.24, 2.45) is 0 Å². The lowest BCUT2D eigenvalue weighted by atomic mass is 9.90. The number of nitrogens with zero attached hydrogens (tertiary/aromatic N) is 1. The average Bonchev–Trinajstić information content (AvgIpc) is 3.20. The highest BCUT2D eigenvalue weighted by molar-refractivity contribution is 6.04. The number of fused-ring (bicyclic) bond motifs is 2. The Morgan fingerprint density at radius 1 is 1.06 bits per heavy atom. The number of nitrogens with one attached hydrogen (secondary N) is 1. The minimum atomic E-state index is -0.360. The molecular formula is C26H30N2O4. The third kappa shape index (κ3) is 4.24. The SMILES string of the molecule is CN(CCOc1ccc2cc3occ([C@@H]4CCC(=O)NC4=O)c3cc2c1)C1CCCCC1. The Balaban J connectivity index is 1.32. The van der Waals surface area contributed by atoms with E-state index in [0.717, 1.165) is 39.6 Å². The van der Waals surface area contributed by atoms with Crippen LogP contribution in [0.15, 0.2) is 41.0 Å². The van der Waals surface area contributed by atoms with Gasteiger partial charge in [0.2, 0.25) is 11.8 Å². The fourth-order valence-electron chi connectivity index (χ4n) is 5.13. The van der Waals surface area contributed by atoms with Crippen molar-refractivity contribution >= 4 is 33.6 Å². The van der Waals surface area contributed by atoms with E-state index in [4.69, 9.17) is 9.15 Å². The summed E-state index contributed by atoms with van der Waals surface area (Å²) < 4.78 is 11.8. The summed E-state index contributed by atoms with van der Waals surface area (Å²) in [6, 6.07) is 10.8. The number of imide groups is 1. The molecule has 0 bridgehead atoms. The van der Waals surface area contributed by atoms with Crippen LogP contribution in [0.4, 0.5) is 0 Å². The molecule has 1 saturated heterocycles. The van der Waals surface area contributed by atoms with Crippen LogP contribution in [0.1, 0.15) is 56.4 Å². The van der Waals surface area contributed by atoms with Crippen LogP contribution in [0.3, 0.4) is 0 Å². The van der Waals surface area contributed by atoms with Crippen LogP contribution < -0.4 is 10.1 Å². The van der Waals surface area contributed by atoms with Gasteiger partial charge in [0.15, 0.2) is 0 Å². The molecule has 1 atom stereocenters. The summed E-state index contributed by atoms with van der Waals surface area (Å²) >= 11 is 0. The van der Waals surface area contributed by atoms with Gasteiger partial charge in [-0.2, -0.15) is 0 Å². The van der Waals surface area contributed by atoms with Gasteiger partial charge in [-0.05, 0) is 61.3 Å². The van der Waals surface area contributed by atoms with Crippen molar-refractivity contribution in [2.45, 2.75) is 56.9 Å². The predicted octanol–water partition coefficient (Wildman–Crippen LogP) is 4.75. The third-order valence-electron chi connectivity index (χ3n) is 7.06. The molecule has 0 unspecified atom stereocenters. The highest BCUT2D eigenvalue weighted by Crippen LogP contribution is 2.35. The summed E-state index contributed by atoms with van der Waals surface area (Å²) in [5.41, 5.74) is 1.59. The van der Waals surface area contributed by atoms with E-state index < -0.39 is 0 Å². The normalized spacial score (nSPS) is 20.2. The number of likely N-dealkylation sites (N-methyl/N-ethyl adjacent to an activating group) is 1. The van der Waals surface area contributed by atoms with Crippen LogP contribution in [-0.4, -0.2) is 43.0 Å². The minimum absolute atomic E-state index is 0.208. The van der Waals surface area contributed by atoms with E-state index >= 15 is 0 Å². The van der Waals surface area contributed by atoms with Gasteiger partial charge in [0.1, 0.15) is 17.9 Å². The maximum absolute atomic E-state index is 12.4. The molecule has 2 amide bonds. The van der Waals surface area contributed by atoms with Crippen LogP contribution in [-0.2, 0) is 9.59 Å². The summed E-state index contributed by atoms with van der Waals surface area (Å²) in [7, 11) is 2.20. The topological polar surface area (TPSA) is 71.8 Å². The van der Waals surface area contributed by atoms with Crippen LogP contribution >= 0.6 is 0 Å². The largest absolute Gasteiger partial charge is 0.492 e. The second kappa shape index (κ2) is 8.94. The molecule has 6 nitrogen and oxygen atoms in total. The number of carbonyl (C=O) groups excluding carboxylic acids is 2. The third-order valence-corrected chi connectivity index (χ3v) is 7.06. The van der Waals surface area contributed by atoms with Crippen molar-refractivity contribution in [3.05, 3.63) is 42.2 Å². The van der Waals surface area contributed by atoms with Gasteiger partial charge >= 0.3 is 0 Å². The van der Waals surface area contributed by atoms with Crippen molar-refractivity contribution in [3.63, 3.8) is 0 Å². The van der Waals surface area contributed by atoms with Crippen molar-refractivity contribution in [1.82, 2.24) is 10.2 Å². The molecule has 6 heteroatoms. The molecule has 2 fully saturated rings. The average molecular weight is 435 g/mol. The van der Waals surface area contributed by atoms with E-state index in [1.807, 2.05) is 18.2 Å². The second-order valence-corrected chi connectivity index (χ2v) is 9.17. The van der Waals surface area contributed by atoms with Crippen molar-refractivity contribution in [3.8, 4) is 5.75 Å². The Kier molecular flexibility index (Phi) is 5.87. The summed E-state index contributed by atoms with van der Waals surface area (Å²) in [6.45, 7) is 1.58. The van der Waals surface area contributed by atoms with Crippen LogP contribution in [0.5, 0.6) is 5.75 Å². The standard InChI is InChI=1S/C26H30N2O4/c1-28(19-5-3-2-4-6-19)11-12-31-20-8-7-17-15-24-22(14-18(17)13-20)23(16-32-24)21-9-10-25(29)27-26(21)30/h7-8,13-16,19,21H,2-6,9-12H2,1H3,(H,27,29,30)/t21-/m0/s1. The zero-order chi connectivity index (χ0) is 22.1.